The number of ether oxygens (including phenoxy) is 1. The lowest BCUT2D eigenvalue weighted by Gasteiger charge is -2.08. The first-order valence-corrected chi connectivity index (χ1v) is 9.20. The summed E-state index contributed by atoms with van der Waals surface area (Å²) >= 11 is 2.75. The Kier molecular flexibility index (Phi) is 4.96. The SMILES string of the molecule is CC(=O)Nc1scc(-c2cccs2)c1C(=O)OCC(=O)NC1CC1. The van der Waals surface area contributed by atoms with Gasteiger partial charge in [0.15, 0.2) is 6.61 Å². The first-order chi connectivity index (χ1) is 11.5. The highest BCUT2D eigenvalue weighted by atomic mass is 32.1. The minimum atomic E-state index is -0.616. The average molecular weight is 364 g/mol. The van der Waals surface area contributed by atoms with E-state index in [2.05, 4.69) is 10.6 Å². The molecule has 1 fully saturated rings. The summed E-state index contributed by atoms with van der Waals surface area (Å²) in [5.41, 5.74) is 0.989. The van der Waals surface area contributed by atoms with Crippen LogP contribution >= 0.6 is 22.7 Å². The first kappa shape index (κ1) is 16.7. The molecule has 6 nitrogen and oxygen atoms in total. The van der Waals surface area contributed by atoms with E-state index in [1.54, 1.807) is 5.38 Å². The molecule has 0 spiro atoms. The van der Waals surface area contributed by atoms with E-state index in [-0.39, 0.29) is 30.0 Å². The van der Waals surface area contributed by atoms with Gasteiger partial charge in [-0.05, 0) is 24.3 Å². The Bertz CT molecular complexity index is 763. The lowest BCUT2D eigenvalue weighted by molar-refractivity contribution is -0.124. The molecular formula is C16H16N2O4S2. The minimum Gasteiger partial charge on any atom is -0.452 e. The van der Waals surface area contributed by atoms with E-state index in [1.165, 1.54) is 29.6 Å². The Hall–Kier alpha value is -2.19. The minimum absolute atomic E-state index is 0.217. The van der Waals surface area contributed by atoms with Crippen LogP contribution in [0.2, 0.25) is 0 Å². The van der Waals surface area contributed by atoms with Crippen molar-refractivity contribution in [2.45, 2.75) is 25.8 Å². The number of carbonyl (C=O) groups excluding carboxylic acids is 3. The van der Waals surface area contributed by atoms with Crippen LogP contribution in [0.4, 0.5) is 5.00 Å². The molecule has 0 radical (unpaired) electrons. The van der Waals surface area contributed by atoms with Crippen LogP contribution in [0.1, 0.15) is 30.1 Å². The number of rotatable bonds is 6. The Morgan fingerprint density at radius 1 is 1.29 bits per heavy atom. The Balaban J connectivity index is 1.77. The topological polar surface area (TPSA) is 84.5 Å². The molecular weight excluding hydrogens is 348 g/mol. The van der Waals surface area contributed by atoms with Crippen LogP contribution < -0.4 is 10.6 Å². The van der Waals surface area contributed by atoms with Crippen LogP contribution in [0, 0.1) is 0 Å². The lowest BCUT2D eigenvalue weighted by Crippen LogP contribution is -2.30. The molecule has 126 valence electrons. The fourth-order valence-corrected chi connectivity index (χ4v) is 3.94. The third kappa shape index (κ3) is 4.01. The van der Waals surface area contributed by atoms with Crippen LogP contribution in [0.15, 0.2) is 22.9 Å². The molecule has 24 heavy (non-hydrogen) atoms. The van der Waals surface area contributed by atoms with Gasteiger partial charge in [0.05, 0.1) is 0 Å². The molecule has 1 aliphatic rings. The third-order valence-electron chi connectivity index (χ3n) is 3.35. The molecule has 2 amide bonds. The number of amides is 2. The van der Waals surface area contributed by atoms with Gasteiger partial charge in [0, 0.05) is 28.8 Å². The van der Waals surface area contributed by atoms with Crippen LogP contribution in [-0.2, 0) is 14.3 Å². The van der Waals surface area contributed by atoms with Crippen LogP contribution in [-0.4, -0.2) is 30.4 Å². The molecule has 0 atom stereocenters. The number of anilines is 1. The summed E-state index contributed by atoms with van der Waals surface area (Å²) in [5.74, 6) is -1.19. The van der Waals surface area contributed by atoms with Crippen molar-refractivity contribution in [2.75, 3.05) is 11.9 Å². The maximum atomic E-state index is 12.5. The molecule has 1 saturated carbocycles. The highest BCUT2D eigenvalue weighted by Gasteiger charge is 2.26. The largest absolute Gasteiger partial charge is 0.452 e. The molecule has 0 saturated heterocycles. The zero-order chi connectivity index (χ0) is 17.1. The van der Waals surface area contributed by atoms with Gasteiger partial charge in [0.1, 0.15) is 10.6 Å². The summed E-state index contributed by atoms with van der Waals surface area (Å²) in [6.45, 7) is 1.05. The van der Waals surface area contributed by atoms with Crippen molar-refractivity contribution < 1.29 is 19.1 Å². The molecule has 0 aromatic carbocycles. The van der Waals surface area contributed by atoms with E-state index in [0.29, 0.717) is 10.6 Å². The van der Waals surface area contributed by atoms with Crippen molar-refractivity contribution in [3.05, 3.63) is 28.5 Å². The van der Waals surface area contributed by atoms with Crippen molar-refractivity contribution in [1.29, 1.82) is 0 Å². The summed E-state index contributed by atoms with van der Waals surface area (Å²) in [5, 5.41) is 9.55. The predicted molar refractivity (Wildman–Crippen MR) is 93.4 cm³/mol. The zero-order valence-corrected chi connectivity index (χ0v) is 14.6. The normalized spacial score (nSPS) is 13.4. The summed E-state index contributed by atoms with van der Waals surface area (Å²) in [6.07, 6.45) is 1.94. The fraction of sp³-hybridized carbons (Fsp3) is 0.312. The number of hydrogen-bond acceptors (Lipinski definition) is 6. The number of hydrogen-bond donors (Lipinski definition) is 2. The van der Waals surface area contributed by atoms with Crippen LogP contribution in [0.5, 0.6) is 0 Å². The quantitative estimate of drug-likeness (QED) is 0.772. The molecule has 2 N–H and O–H groups in total. The van der Waals surface area contributed by atoms with E-state index in [0.717, 1.165) is 17.7 Å². The fourth-order valence-electron chi connectivity index (χ4n) is 2.13. The Morgan fingerprint density at radius 3 is 2.71 bits per heavy atom. The highest BCUT2D eigenvalue weighted by molar-refractivity contribution is 7.17. The first-order valence-electron chi connectivity index (χ1n) is 7.44. The summed E-state index contributed by atoms with van der Waals surface area (Å²) in [4.78, 5) is 36.4. The van der Waals surface area contributed by atoms with Gasteiger partial charge in [-0.1, -0.05) is 6.07 Å². The van der Waals surface area contributed by atoms with Gasteiger partial charge in [0.2, 0.25) is 5.91 Å². The van der Waals surface area contributed by atoms with E-state index in [9.17, 15) is 14.4 Å². The smallest absolute Gasteiger partial charge is 0.342 e. The molecule has 2 aromatic rings. The molecule has 0 bridgehead atoms. The summed E-state index contributed by atoms with van der Waals surface area (Å²) < 4.78 is 5.15. The van der Waals surface area contributed by atoms with Crippen molar-refractivity contribution in [1.82, 2.24) is 5.32 Å². The second-order valence-electron chi connectivity index (χ2n) is 5.43. The predicted octanol–water partition coefficient (Wildman–Crippen LogP) is 2.87. The number of esters is 1. The molecule has 0 unspecified atom stereocenters. The number of nitrogens with one attached hydrogen (secondary N) is 2. The van der Waals surface area contributed by atoms with Gasteiger partial charge in [-0.25, -0.2) is 4.79 Å². The number of carbonyl (C=O) groups is 3. The molecule has 2 aromatic heterocycles. The Morgan fingerprint density at radius 2 is 2.08 bits per heavy atom. The van der Waals surface area contributed by atoms with E-state index in [1.807, 2.05) is 17.5 Å². The van der Waals surface area contributed by atoms with Crippen LogP contribution in [0.25, 0.3) is 10.4 Å². The van der Waals surface area contributed by atoms with E-state index >= 15 is 0 Å². The molecule has 3 rings (SSSR count). The van der Waals surface area contributed by atoms with Crippen molar-refractivity contribution >= 4 is 45.5 Å². The standard InChI is InChI=1S/C16H16N2O4S2/c1-9(19)17-15-14(11(8-24-15)12-3-2-6-23-12)16(21)22-7-13(20)18-10-4-5-10/h2-3,6,8,10H,4-5,7H2,1H3,(H,17,19)(H,18,20). The van der Waals surface area contributed by atoms with Crippen molar-refractivity contribution in [3.8, 4) is 10.4 Å². The van der Waals surface area contributed by atoms with Gasteiger partial charge in [-0.3, -0.25) is 9.59 Å². The second kappa shape index (κ2) is 7.14. The highest BCUT2D eigenvalue weighted by Crippen LogP contribution is 2.38. The van der Waals surface area contributed by atoms with E-state index < -0.39 is 5.97 Å². The van der Waals surface area contributed by atoms with Gasteiger partial charge in [0.25, 0.3) is 5.91 Å². The molecule has 0 aliphatic heterocycles. The second-order valence-corrected chi connectivity index (χ2v) is 7.26. The molecule has 8 heteroatoms. The number of thiophene rings is 2. The van der Waals surface area contributed by atoms with Gasteiger partial charge in [-0.15, -0.1) is 22.7 Å². The zero-order valence-electron chi connectivity index (χ0n) is 13.0. The summed E-state index contributed by atoms with van der Waals surface area (Å²) in [7, 11) is 0. The maximum absolute atomic E-state index is 12.5. The van der Waals surface area contributed by atoms with Gasteiger partial charge < -0.3 is 15.4 Å². The molecule has 2 heterocycles. The van der Waals surface area contributed by atoms with Crippen molar-refractivity contribution in [2.24, 2.45) is 0 Å². The molecule has 1 aliphatic carbocycles. The van der Waals surface area contributed by atoms with Gasteiger partial charge in [-0.2, -0.15) is 0 Å². The maximum Gasteiger partial charge on any atom is 0.342 e. The van der Waals surface area contributed by atoms with E-state index in [4.69, 9.17) is 4.74 Å². The third-order valence-corrected chi connectivity index (χ3v) is 5.15. The van der Waals surface area contributed by atoms with Crippen molar-refractivity contribution in [3.63, 3.8) is 0 Å². The average Bonchev–Trinajstić information content (AvgIpc) is 3.02. The monoisotopic (exact) mass is 364 g/mol. The Labute approximate surface area is 146 Å². The van der Waals surface area contributed by atoms with Gasteiger partial charge >= 0.3 is 5.97 Å². The summed E-state index contributed by atoms with van der Waals surface area (Å²) in [6, 6.07) is 3.99. The van der Waals surface area contributed by atoms with Crippen LogP contribution in [0.3, 0.4) is 0 Å². The lowest BCUT2D eigenvalue weighted by atomic mass is 10.1.